The molecule has 5 heteroatoms. The number of phenolic OH excluding ortho intramolecular Hbond substituents is 3. The zero-order valence-corrected chi connectivity index (χ0v) is 10.2. The van der Waals surface area contributed by atoms with Crippen LogP contribution in [0.1, 0.15) is 0 Å². The van der Waals surface area contributed by atoms with E-state index in [4.69, 9.17) is 4.42 Å². The second kappa shape index (κ2) is 4.31. The van der Waals surface area contributed by atoms with Crippen molar-refractivity contribution in [2.24, 2.45) is 0 Å². The Morgan fingerprint density at radius 2 is 1.60 bits per heavy atom. The van der Waals surface area contributed by atoms with Gasteiger partial charge in [0.05, 0.1) is 0 Å². The van der Waals surface area contributed by atoms with Crippen molar-refractivity contribution < 1.29 is 19.7 Å². The summed E-state index contributed by atoms with van der Waals surface area (Å²) in [7, 11) is 0. The minimum absolute atomic E-state index is 0.0625. The van der Waals surface area contributed by atoms with Crippen molar-refractivity contribution >= 4 is 10.8 Å². The van der Waals surface area contributed by atoms with E-state index in [0.29, 0.717) is 16.7 Å². The summed E-state index contributed by atoms with van der Waals surface area (Å²) in [6.07, 6.45) is 0. The Hall–Kier alpha value is -2.95. The van der Waals surface area contributed by atoms with Gasteiger partial charge in [0, 0.05) is 5.56 Å². The molecule has 1 heterocycles. The number of benzene rings is 2. The fourth-order valence-corrected chi connectivity index (χ4v) is 2.02. The zero-order valence-electron chi connectivity index (χ0n) is 10.2. The highest BCUT2D eigenvalue weighted by Crippen LogP contribution is 2.33. The molecular weight excluding hydrogens is 260 g/mol. The number of rotatable bonds is 1. The van der Waals surface area contributed by atoms with E-state index < -0.39 is 11.4 Å². The summed E-state index contributed by atoms with van der Waals surface area (Å²) in [5, 5.41) is 28.7. The van der Waals surface area contributed by atoms with Crippen LogP contribution in [0.3, 0.4) is 0 Å². The highest BCUT2D eigenvalue weighted by Gasteiger charge is 2.13. The van der Waals surface area contributed by atoms with Gasteiger partial charge in [-0.25, -0.2) is 4.79 Å². The lowest BCUT2D eigenvalue weighted by atomic mass is 10.1. The summed E-state index contributed by atoms with van der Waals surface area (Å²) in [4.78, 5) is 11.9. The van der Waals surface area contributed by atoms with Crippen LogP contribution in [0.25, 0.3) is 22.1 Å². The van der Waals surface area contributed by atoms with Crippen molar-refractivity contribution in [2.45, 2.75) is 0 Å². The summed E-state index contributed by atoms with van der Waals surface area (Å²) in [6.45, 7) is 0. The van der Waals surface area contributed by atoms with Crippen LogP contribution in [0.5, 0.6) is 17.2 Å². The average Bonchev–Trinajstić information content (AvgIpc) is 2.43. The van der Waals surface area contributed by atoms with E-state index >= 15 is 0 Å². The van der Waals surface area contributed by atoms with Gasteiger partial charge in [0.2, 0.25) is 0 Å². The van der Waals surface area contributed by atoms with E-state index in [1.165, 1.54) is 24.3 Å². The molecule has 0 saturated carbocycles. The SMILES string of the molecule is O=c1oc(-c2ccc(O)cc2)cc2ccc(O)c(O)c12. The van der Waals surface area contributed by atoms with E-state index in [9.17, 15) is 20.1 Å². The van der Waals surface area contributed by atoms with Crippen molar-refractivity contribution in [3.05, 3.63) is 52.9 Å². The van der Waals surface area contributed by atoms with Gasteiger partial charge in [-0.1, -0.05) is 6.07 Å². The summed E-state index contributed by atoms with van der Waals surface area (Å²) >= 11 is 0. The molecule has 0 unspecified atom stereocenters. The van der Waals surface area contributed by atoms with E-state index in [2.05, 4.69) is 0 Å². The van der Waals surface area contributed by atoms with Gasteiger partial charge in [-0.15, -0.1) is 0 Å². The molecule has 1 aromatic heterocycles. The number of phenols is 3. The molecule has 3 N–H and O–H groups in total. The Bertz CT molecular complexity index is 847. The van der Waals surface area contributed by atoms with Crippen molar-refractivity contribution in [2.75, 3.05) is 0 Å². The minimum atomic E-state index is -0.737. The van der Waals surface area contributed by atoms with Crippen LogP contribution in [0.15, 0.2) is 51.7 Å². The quantitative estimate of drug-likeness (QED) is 0.591. The number of aromatic hydroxyl groups is 3. The molecule has 5 nitrogen and oxygen atoms in total. The molecule has 3 aromatic rings. The van der Waals surface area contributed by atoms with Gasteiger partial charge in [-0.05, 0) is 41.8 Å². The van der Waals surface area contributed by atoms with Gasteiger partial charge in [0.15, 0.2) is 11.5 Å². The molecule has 0 bridgehead atoms. The molecule has 0 atom stereocenters. The first-order valence-corrected chi connectivity index (χ1v) is 5.84. The van der Waals surface area contributed by atoms with Crippen LogP contribution < -0.4 is 5.63 Å². The summed E-state index contributed by atoms with van der Waals surface area (Å²) in [6, 6.07) is 10.6. The van der Waals surface area contributed by atoms with E-state index in [1.54, 1.807) is 18.2 Å². The number of hydrogen-bond acceptors (Lipinski definition) is 5. The van der Waals surface area contributed by atoms with Crippen molar-refractivity contribution in [3.63, 3.8) is 0 Å². The third kappa shape index (κ3) is 1.85. The molecule has 0 radical (unpaired) electrons. The van der Waals surface area contributed by atoms with Gasteiger partial charge in [0.25, 0.3) is 0 Å². The first-order chi connectivity index (χ1) is 9.56. The molecule has 0 fully saturated rings. The molecular formula is C15H10O5. The maximum Gasteiger partial charge on any atom is 0.348 e. The number of fused-ring (bicyclic) bond motifs is 1. The molecule has 0 amide bonds. The summed E-state index contributed by atoms with van der Waals surface area (Å²) in [5.74, 6) is -0.442. The monoisotopic (exact) mass is 270 g/mol. The third-order valence-electron chi connectivity index (χ3n) is 3.03. The smallest absolute Gasteiger partial charge is 0.348 e. The molecule has 0 aliphatic heterocycles. The van der Waals surface area contributed by atoms with Crippen molar-refractivity contribution in [1.29, 1.82) is 0 Å². The van der Waals surface area contributed by atoms with Crippen LogP contribution in [0.2, 0.25) is 0 Å². The molecule has 0 aliphatic carbocycles. The minimum Gasteiger partial charge on any atom is -0.508 e. The average molecular weight is 270 g/mol. The standard InChI is InChI=1S/C15H10O5/c16-10-4-1-8(2-5-10)12-7-9-3-6-11(17)14(18)13(9)15(19)20-12/h1-7,16-18H. The fourth-order valence-electron chi connectivity index (χ4n) is 2.02. The van der Waals surface area contributed by atoms with Crippen LogP contribution in [-0.4, -0.2) is 15.3 Å². The Labute approximate surface area is 113 Å². The van der Waals surface area contributed by atoms with Crippen LogP contribution >= 0.6 is 0 Å². The van der Waals surface area contributed by atoms with Gasteiger partial charge < -0.3 is 19.7 Å². The largest absolute Gasteiger partial charge is 0.508 e. The maximum atomic E-state index is 11.9. The second-order valence-corrected chi connectivity index (χ2v) is 4.34. The normalized spacial score (nSPS) is 10.8. The van der Waals surface area contributed by atoms with E-state index in [-0.39, 0.29) is 16.9 Å². The van der Waals surface area contributed by atoms with Gasteiger partial charge in [-0.3, -0.25) is 0 Å². The second-order valence-electron chi connectivity index (χ2n) is 4.34. The highest BCUT2D eigenvalue weighted by atomic mass is 16.4. The molecule has 0 spiro atoms. The first kappa shape index (κ1) is 12.1. The van der Waals surface area contributed by atoms with Gasteiger partial charge in [0.1, 0.15) is 16.9 Å². The zero-order chi connectivity index (χ0) is 14.3. The third-order valence-corrected chi connectivity index (χ3v) is 3.03. The topological polar surface area (TPSA) is 90.9 Å². The van der Waals surface area contributed by atoms with E-state index in [0.717, 1.165) is 0 Å². The van der Waals surface area contributed by atoms with Crippen LogP contribution in [0, 0.1) is 0 Å². The Balaban J connectivity index is 2.28. The van der Waals surface area contributed by atoms with Crippen LogP contribution in [0.4, 0.5) is 0 Å². The molecule has 20 heavy (non-hydrogen) atoms. The highest BCUT2D eigenvalue weighted by molar-refractivity contribution is 5.91. The lowest BCUT2D eigenvalue weighted by Crippen LogP contribution is -2.00. The molecule has 0 aliphatic rings. The lowest BCUT2D eigenvalue weighted by molar-refractivity contribution is 0.406. The Kier molecular flexibility index (Phi) is 2.61. The first-order valence-electron chi connectivity index (χ1n) is 5.84. The molecule has 100 valence electrons. The Morgan fingerprint density at radius 1 is 0.900 bits per heavy atom. The van der Waals surface area contributed by atoms with Crippen molar-refractivity contribution in [3.8, 4) is 28.6 Å². The van der Waals surface area contributed by atoms with Gasteiger partial charge in [-0.2, -0.15) is 0 Å². The predicted octanol–water partition coefficient (Wildman–Crippen LogP) is 2.58. The van der Waals surface area contributed by atoms with Crippen LogP contribution in [-0.2, 0) is 0 Å². The number of hydrogen-bond donors (Lipinski definition) is 3. The predicted molar refractivity (Wildman–Crippen MR) is 72.9 cm³/mol. The molecule has 0 saturated heterocycles. The van der Waals surface area contributed by atoms with E-state index in [1.807, 2.05) is 0 Å². The van der Waals surface area contributed by atoms with Gasteiger partial charge >= 0.3 is 5.63 Å². The van der Waals surface area contributed by atoms with Crippen molar-refractivity contribution in [1.82, 2.24) is 0 Å². The fraction of sp³-hybridized carbons (Fsp3) is 0. The molecule has 2 aromatic carbocycles. The summed E-state index contributed by atoms with van der Waals surface area (Å²) in [5.41, 5.74) is -0.117. The molecule has 3 rings (SSSR count). The maximum absolute atomic E-state index is 11.9. The summed E-state index contributed by atoms with van der Waals surface area (Å²) < 4.78 is 5.14. The lowest BCUT2D eigenvalue weighted by Gasteiger charge is -2.05. The Morgan fingerprint density at radius 3 is 2.30 bits per heavy atom.